The van der Waals surface area contributed by atoms with Gasteiger partial charge < -0.3 is 10.2 Å². The van der Waals surface area contributed by atoms with Crippen molar-refractivity contribution < 1.29 is 15.0 Å². The van der Waals surface area contributed by atoms with E-state index in [-0.39, 0.29) is 5.56 Å². The van der Waals surface area contributed by atoms with Gasteiger partial charge in [-0.2, -0.15) is 5.26 Å². The number of carboxylic acids is 1. The lowest BCUT2D eigenvalue weighted by molar-refractivity contribution is 0.0679. The topological polar surface area (TPSA) is 81.3 Å². The molecule has 1 aromatic rings. The Kier molecular flexibility index (Phi) is 3.06. The van der Waals surface area contributed by atoms with Gasteiger partial charge in [0.1, 0.15) is 5.60 Å². The van der Waals surface area contributed by atoms with Gasteiger partial charge in [-0.1, -0.05) is 11.8 Å². The predicted molar refractivity (Wildman–Crippen MR) is 68.2 cm³/mol. The van der Waals surface area contributed by atoms with Crippen LogP contribution in [0.4, 0.5) is 0 Å². The maximum absolute atomic E-state index is 10.7. The van der Waals surface area contributed by atoms with E-state index in [0.29, 0.717) is 18.4 Å². The number of carbonyl (C=O) groups is 1. The number of benzene rings is 1. The second kappa shape index (κ2) is 4.42. The van der Waals surface area contributed by atoms with E-state index in [1.54, 1.807) is 19.1 Å². The van der Waals surface area contributed by atoms with E-state index in [1.807, 2.05) is 0 Å². The Balaban J connectivity index is 2.21. The van der Waals surface area contributed by atoms with E-state index in [0.717, 1.165) is 0 Å². The summed E-state index contributed by atoms with van der Waals surface area (Å²) < 4.78 is 0. The largest absolute Gasteiger partial charge is 0.478 e. The van der Waals surface area contributed by atoms with Crippen LogP contribution in [0.5, 0.6) is 0 Å². The zero-order valence-electron chi connectivity index (χ0n) is 10.5. The Morgan fingerprint density at radius 3 is 2.37 bits per heavy atom. The second-order valence-corrected chi connectivity index (χ2v) is 4.90. The molecule has 4 nitrogen and oxygen atoms in total. The molecule has 96 valence electrons. The molecule has 1 aliphatic carbocycles. The molecule has 1 aromatic carbocycles. The lowest BCUT2D eigenvalue weighted by Gasteiger charge is -2.21. The van der Waals surface area contributed by atoms with Gasteiger partial charge in [0.15, 0.2) is 0 Å². The monoisotopic (exact) mass is 255 g/mol. The van der Waals surface area contributed by atoms with Gasteiger partial charge in [-0.25, -0.2) is 4.79 Å². The molecule has 19 heavy (non-hydrogen) atoms. The maximum atomic E-state index is 10.7. The molecule has 4 heteroatoms. The summed E-state index contributed by atoms with van der Waals surface area (Å²) in [5.41, 5.74) is -1.29. The fraction of sp³-hybridized carbons (Fsp3) is 0.333. The summed E-state index contributed by atoms with van der Waals surface area (Å²) in [6.07, 6.45) is 1.31. The third-order valence-electron chi connectivity index (χ3n) is 3.48. The van der Waals surface area contributed by atoms with Gasteiger partial charge in [-0.15, -0.1) is 0 Å². The van der Waals surface area contributed by atoms with Crippen molar-refractivity contribution in [3.8, 4) is 17.9 Å². The summed E-state index contributed by atoms with van der Waals surface area (Å²) in [6.45, 7) is 1.54. The summed E-state index contributed by atoms with van der Waals surface area (Å²) in [6, 6.07) is 8.20. The highest BCUT2D eigenvalue weighted by molar-refractivity contribution is 5.87. The lowest BCUT2D eigenvalue weighted by Crippen LogP contribution is -2.33. The van der Waals surface area contributed by atoms with Crippen LogP contribution < -0.4 is 0 Å². The minimum Gasteiger partial charge on any atom is -0.478 e. The maximum Gasteiger partial charge on any atom is 0.335 e. The Labute approximate surface area is 111 Å². The minimum absolute atomic E-state index is 0.188. The van der Waals surface area contributed by atoms with Crippen LogP contribution in [-0.4, -0.2) is 21.8 Å². The highest BCUT2D eigenvalue weighted by Crippen LogP contribution is 2.53. The van der Waals surface area contributed by atoms with Gasteiger partial charge in [-0.3, -0.25) is 0 Å². The summed E-state index contributed by atoms with van der Waals surface area (Å²) in [4.78, 5) is 10.7. The average molecular weight is 255 g/mol. The zero-order chi connectivity index (χ0) is 14.1. The number of aromatic carboxylic acids is 1. The van der Waals surface area contributed by atoms with Crippen molar-refractivity contribution in [2.24, 2.45) is 5.41 Å². The van der Waals surface area contributed by atoms with E-state index in [4.69, 9.17) is 10.4 Å². The molecule has 1 saturated carbocycles. The van der Waals surface area contributed by atoms with Crippen molar-refractivity contribution in [1.29, 1.82) is 5.26 Å². The molecule has 1 atom stereocenters. The van der Waals surface area contributed by atoms with Gasteiger partial charge in [-0.05, 0) is 44.0 Å². The standard InChI is InChI=1S/C15H13NO3/c1-14(19,15(10-16)8-9-15)7-6-11-2-4-12(5-3-11)13(17)18/h2-5,19H,8-9H2,1H3,(H,17,18)/t14-/m1/s1. The number of nitrogens with zero attached hydrogens (tertiary/aromatic N) is 1. The van der Waals surface area contributed by atoms with Crippen molar-refractivity contribution >= 4 is 5.97 Å². The first kappa shape index (κ1) is 13.1. The molecule has 0 unspecified atom stereocenters. The van der Waals surface area contributed by atoms with Gasteiger partial charge in [0.2, 0.25) is 0 Å². The zero-order valence-corrected chi connectivity index (χ0v) is 10.5. The third-order valence-corrected chi connectivity index (χ3v) is 3.48. The van der Waals surface area contributed by atoms with Gasteiger partial charge in [0, 0.05) is 5.56 Å². The molecular formula is C15H13NO3. The van der Waals surface area contributed by atoms with Crippen LogP contribution in [0.25, 0.3) is 0 Å². The van der Waals surface area contributed by atoms with Crippen LogP contribution in [0, 0.1) is 28.6 Å². The van der Waals surface area contributed by atoms with Crippen molar-refractivity contribution in [3.63, 3.8) is 0 Å². The third kappa shape index (κ3) is 2.45. The quantitative estimate of drug-likeness (QED) is 0.789. The molecule has 0 spiro atoms. The molecule has 0 amide bonds. The van der Waals surface area contributed by atoms with Crippen LogP contribution in [0.3, 0.4) is 0 Å². The van der Waals surface area contributed by atoms with Crippen molar-refractivity contribution in [1.82, 2.24) is 0 Å². The van der Waals surface area contributed by atoms with Gasteiger partial charge in [0.05, 0.1) is 17.0 Å². The first-order valence-electron chi connectivity index (χ1n) is 5.90. The summed E-state index contributed by atoms with van der Waals surface area (Å²) in [5, 5.41) is 28.0. The molecule has 2 rings (SSSR count). The predicted octanol–water partition coefficient (Wildman–Crippen LogP) is 1.79. The van der Waals surface area contributed by atoms with Crippen LogP contribution in [-0.2, 0) is 0 Å². The SMILES string of the molecule is C[C@@](O)(C#Cc1ccc(C(=O)O)cc1)C1(C#N)CC1. The van der Waals surface area contributed by atoms with Crippen molar-refractivity contribution in [2.45, 2.75) is 25.4 Å². The molecular weight excluding hydrogens is 242 g/mol. The highest BCUT2D eigenvalue weighted by atomic mass is 16.4. The van der Waals surface area contributed by atoms with Crippen molar-refractivity contribution in [2.75, 3.05) is 0 Å². The van der Waals surface area contributed by atoms with Crippen LogP contribution >= 0.6 is 0 Å². The van der Waals surface area contributed by atoms with E-state index in [1.165, 1.54) is 12.1 Å². The number of hydrogen-bond donors (Lipinski definition) is 2. The fourth-order valence-corrected chi connectivity index (χ4v) is 1.84. The molecule has 0 aliphatic heterocycles. The number of hydrogen-bond acceptors (Lipinski definition) is 3. The lowest BCUT2D eigenvalue weighted by atomic mass is 9.87. The second-order valence-electron chi connectivity index (χ2n) is 4.90. The van der Waals surface area contributed by atoms with Crippen LogP contribution in [0.2, 0.25) is 0 Å². The van der Waals surface area contributed by atoms with E-state index < -0.39 is 17.0 Å². The summed E-state index contributed by atoms with van der Waals surface area (Å²) in [7, 11) is 0. The van der Waals surface area contributed by atoms with E-state index >= 15 is 0 Å². The first-order chi connectivity index (χ1) is 8.90. The number of carboxylic acid groups (broad SMARTS) is 1. The molecule has 0 bridgehead atoms. The molecule has 1 aliphatic rings. The van der Waals surface area contributed by atoms with Crippen LogP contribution in [0.15, 0.2) is 24.3 Å². The molecule has 0 radical (unpaired) electrons. The fourth-order valence-electron chi connectivity index (χ4n) is 1.84. The number of aliphatic hydroxyl groups is 1. The molecule has 0 saturated heterocycles. The Morgan fingerprint density at radius 1 is 1.37 bits per heavy atom. The number of rotatable bonds is 2. The molecule has 0 heterocycles. The first-order valence-corrected chi connectivity index (χ1v) is 5.90. The Morgan fingerprint density at radius 2 is 1.95 bits per heavy atom. The van der Waals surface area contributed by atoms with Gasteiger partial charge in [0.25, 0.3) is 0 Å². The van der Waals surface area contributed by atoms with Crippen LogP contribution in [0.1, 0.15) is 35.7 Å². The summed E-state index contributed by atoms with van der Waals surface area (Å²) >= 11 is 0. The Bertz CT molecular complexity index is 608. The molecule has 0 aromatic heterocycles. The number of nitriles is 1. The van der Waals surface area contributed by atoms with Crippen molar-refractivity contribution in [3.05, 3.63) is 35.4 Å². The highest BCUT2D eigenvalue weighted by Gasteiger charge is 2.56. The smallest absolute Gasteiger partial charge is 0.335 e. The average Bonchev–Trinajstić information content (AvgIpc) is 3.18. The summed E-state index contributed by atoms with van der Waals surface area (Å²) in [5.74, 6) is 4.51. The molecule has 1 fully saturated rings. The normalized spacial score (nSPS) is 18.4. The Hall–Kier alpha value is -2.30. The minimum atomic E-state index is -1.34. The molecule has 2 N–H and O–H groups in total. The van der Waals surface area contributed by atoms with E-state index in [9.17, 15) is 9.90 Å². The van der Waals surface area contributed by atoms with Gasteiger partial charge >= 0.3 is 5.97 Å². The van der Waals surface area contributed by atoms with E-state index in [2.05, 4.69) is 17.9 Å².